The van der Waals surface area contributed by atoms with Crippen LogP contribution in [0.3, 0.4) is 0 Å². The highest BCUT2D eigenvalue weighted by atomic mass is 32.2. The molecule has 1 aromatic carbocycles. The molecular weight excluding hydrogens is 340 g/mol. The fourth-order valence-electron chi connectivity index (χ4n) is 2.84. The number of nitrogens with zero attached hydrogens (tertiary/aromatic N) is 3. The SMILES string of the molecule is CC(=O)Nc1cccc(-n2c(SC3CCOC3=O)nnc2C2CC2)c1. The molecule has 0 radical (unpaired) electrons. The summed E-state index contributed by atoms with van der Waals surface area (Å²) < 4.78 is 7.05. The monoisotopic (exact) mass is 358 g/mol. The number of rotatable bonds is 5. The second-order valence-electron chi connectivity index (χ2n) is 6.24. The van der Waals surface area contributed by atoms with Gasteiger partial charge in [0.1, 0.15) is 11.1 Å². The highest BCUT2D eigenvalue weighted by Gasteiger charge is 2.34. The van der Waals surface area contributed by atoms with Crippen LogP contribution < -0.4 is 5.32 Å². The lowest BCUT2D eigenvalue weighted by Gasteiger charge is -2.12. The Hall–Kier alpha value is -2.35. The van der Waals surface area contributed by atoms with Gasteiger partial charge in [0, 0.05) is 24.9 Å². The predicted molar refractivity (Wildman–Crippen MR) is 92.9 cm³/mol. The molecule has 2 aliphatic rings. The van der Waals surface area contributed by atoms with Crippen LogP contribution in [0.2, 0.25) is 0 Å². The lowest BCUT2D eigenvalue weighted by molar-refractivity contribution is -0.137. The number of carbonyl (C=O) groups is 2. The van der Waals surface area contributed by atoms with Gasteiger partial charge in [-0.05, 0) is 31.0 Å². The zero-order valence-electron chi connectivity index (χ0n) is 13.8. The molecule has 1 aliphatic carbocycles. The zero-order valence-corrected chi connectivity index (χ0v) is 14.6. The maximum atomic E-state index is 11.8. The highest BCUT2D eigenvalue weighted by molar-refractivity contribution is 8.00. The Morgan fingerprint density at radius 2 is 2.16 bits per heavy atom. The third-order valence-corrected chi connectivity index (χ3v) is 5.35. The number of hydrogen-bond donors (Lipinski definition) is 1. The molecule has 8 heteroatoms. The number of esters is 1. The van der Waals surface area contributed by atoms with Gasteiger partial charge in [-0.25, -0.2) is 0 Å². The van der Waals surface area contributed by atoms with E-state index in [0.717, 1.165) is 30.0 Å². The van der Waals surface area contributed by atoms with Crippen LogP contribution in [-0.2, 0) is 14.3 Å². The molecule has 1 saturated carbocycles. The Morgan fingerprint density at radius 3 is 2.84 bits per heavy atom. The van der Waals surface area contributed by atoms with Gasteiger partial charge in [-0.2, -0.15) is 0 Å². The number of ether oxygens (including phenoxy) is 1. The van der Waals surface area contributed by atoms with Gasteiger partial charge in [-0.15, -0.1) is 10.2 Å². The van der Waals surface area contributed by atoms with Gasteiger partial charge >= 0.3 is 5.97 Å². The van der Waals surface area contributed by atoms with Gasteiger partial charge in [0.15, 0.2) is 5.16 Å². The van der Waals surface area contributed by atoms with Crippen LogP contribution in [0.1, 0.15) is 37.9 Å². The highest BCUT2D eigenvalue weighted by Crippen LogP contribution is 2.42. The van der Waals surface area contributed by atoms with E-state index in [-0.39, 0.29) is 17.1 Å². The molecule has 1 saturated heterocycles. The molecule has 0 bridgehead atoms. The number of carbonyl (C=O) groups excluding carboxylic acids is 2. The molecule has 2 heterocycles. The summed E-state index contributed by atoms with van der Waals surface area (Å²) in [6.45, 7) is 1.94. The third kappa shape index (κ3) is 3.39. The van der Waals surface area contributed by atoms with Crippen LogP contribution in [-0.4, -0.2) is 38.5 Å². The predicted octanol–water partition coefficient (Wildman–Crippen LogP) is 2.51. The zero-order chi connectivity index (χ0) is 17.4. The maximum absolute atomic E-state index is 11.8. The molecular formula is C17H18N4O3S. The Bertz CT molecular complexity index is 831. The summed E-state index contributed by atoms with van der Waals surface area (Å²) in [6.07, 6.45) is 2.88. The van der Waals surface area contributed by atoms with E-state index in [4.69, 9.17) is 4.74 Å². The van der Waals surface area contributed by atoms with Crippen molar-refractivity contribution < 1.29 is 14.3 Å². The van der Waals surface area contributed by atoms with Crippen molar-refractivity contribution in [3.8, 4) is 5.69 Å². The molecule has 1 unspecified atom stereocenters. The van der Waals surface area contributed by atoms with E-state index in [2.05, 4.69) is 15.5 Å². The largest absolute Gasteiger partial charge is 0.465 e. The third-order valence-electron chi connectivity index (χ3n) is 4.16. The topological polar surface area (TPSA) is 86.1 Å². The van der Waals surface area contributed by atoms with E-state index in [1.807, 2.05) is 28.8 Å². The molecule has 1 aliphatic heterocycles. The average Bonchev–Trinajstić information content (AvgIpc) is 3.22. The summed E-state index contributed by atoms with van der Waals surface area (Å²) in [5, 5.41) is 11.9. The first-order valence-corrected chi connectivity index (χ1v) is 9.16. The first kappa shape index (κ1) is 16.1. The minimum absolute atomic E-state index is 0.119. The smallest absolute Gasteiger partial charge is 0.319 e. The summed E-state index contributed by atoms with van der Waals surface area (Å²) in [5.41, 5.74) is 1.60. The Labute approximate surface area is 149 Å². The summed E-state index contributed by atoms with van der Waals surface area (Å²) >= 11 is 1.39. The Kier molecular flexibility index (Phi) is 4.20. The second-order valence-corrected chi connectivity index (χ2v) is 7.41. The van der Waals surface area contributed by atoms with Crippen LogP contribution in [0.25, 0.3) is 5.69 Å². The van der Waals surface area contributed by atoms with Crippen molar-refractivity contribution in [3.63, 3.8) is 0 Å². The number of anilines is 1. The fraction of sp³-hybridized carbons (Fsp3) is 0.412. The minimum Gasteiger partial charge on any atom is -0.465 e. The van der Waals surface area contributed by atoms with Crippen molar-refractivity contribution in [1.29, 1.82) is 0 Å². The number of benzene rings is 1. The van der Waals surface area contributed by atoms with Crippen molar-refractivity contribution in [2.45, 2.75) is 42.5 Å². The van der Waals surface area contributed by atoms with Crippen molar-refractivity contribution in [1.82, 2.24) is 14.8 Å². The molecule has 130 valence electrons. The first-order chi connectivity index (χ1) is 12.1. The Balaban J connectivity index is 1.70. The van der Waals surface area contributed by atoms with Gasteiger partial charge in [0.05, 0.1) is 12.3 Å². The maximum Gasteiger partial charge on any atom is 0.319 e. The van der Waals surface area contributed by atoms with E-state index in [1.165, 1.54) is 18.7 Å². The van der Waals surface area contributed by atoms with Gasteiger partial charge in [-0.1, -0.05) is 17.8 Å². The van der Waals surface area contributed by atoms with E-state index in [1.54, 1.807) is 0 Å². The van der Waals surface area contributed by atoms with E-state index >= 15 is 0 Å². The number of aromatic nitrogens is 3. The number of thioether (sulfide) groups is 1. The van der Waals surface area contributed by atoms with Crippen molar-refractivity contribution in [3.05, 3.63) is 30.1 Å². The summed E-state index contributed by atoms with van der Waals surface area (Å²) in [5.74, 6) is 1.00. The lowest BCUT2D eigenvalue weighted by atomic mass is 10.2. The van der Waals surface area contributed by atoms with E-state index in [9.17, 15) is 9.59 Å². The van der Waals surface area contributed by atoms with E-state index in [0.29, 0.717) is 24.1 Å². The summed E-state index contributed by atoms with van der Waals surface area (Å²) in [7, 11) is 0. The molecule has 4 rings (SSSR count). The molecule has 1 N–H and O–H groups in total. The molecule has 1 amide bonds. The average molecular weight is 358 g/mol. The second kappa shape index (κ2) is 6.51. The summed E-state index contributed by atoms with van der Waals surface area (Å²) in [6, 6.07) is 7.58. The van der Waals surface area contributed by atoms with Crippen LogP contribution in [0.5, 0.6) is 0 Å². The number of nitrogens with one attached hydrogen (secondary N) is 1. The minimum atomic E-state index is -0.242. The molecule has 2 aromatic rings. The van der Waals surface area contributed by atoms with Crippen molar-refractivity contribution >= 4 is 29.3 Å². The normalized spacial score (nSPS) is 19.7. The van der Waals surface area contributed by atoms with Crippen molar-refractivity contribution in [2.75, 3.05) is 11.9 Å². The number of amides is 1. The van der Waals surface area contributed by atoms with Crippen LogP contribution in [0.15, 0.2) is 29.4 Å². The van der Waals surface area contributed by atoms with Gasteiger partial charge in [0.2, 0.25) is 5.91 Å². The standard InChI is InChI=1S/C17H18N4O3S/c1-10(22)18-12-3-2-4-13(9-12)21-15(11-5-6-11)19-20-17(21)25-14-7-8-24-16(14)23/h2-4,9,11,14H,5-8H2,1H3,(H,18,22). The van der Waals surface area contributed by atoms with Crippen LogP contribution >= 0.6 is 11.8 Å². The summed E-state index contributed by atoms with van der Waals surface area (Å²) in [4.78, 5) is 23.1. The Morgan fingerprint density at radius 1 is 1.32 bits per heavy atom. The lowest BCUT2D eigenvalue weighted by Crippen LogP contribution is -2.12. The molecule has 7 nitrogen and oxygen atoms in total. The van der Waals surface area contributed by atoms with Gasteiger partial charge in [0.25, 0.3) is 0 Å². The fourth-order valence-corrected chi connectivity index (χ4v) is 3.87. The van der Waals surface area contributed by atoms with Crippen molar-refractivity contribution in [2.24, 2.45) is 0 Å². The van der Waals surface area contributed by atoms with Crippen LogP contribution in [0, 0.1) is 0 Å². The van der Waals surface area contributed by atoms with Crippen LogP contribution in [0.4, 0.5) is 5.69 Å². The molecule has 25 heavy (non-hydrogen) atoms. The number of cyclic esters (lactones) is 1. The number of hydrogen-bond acceptors (Lipinski definition) is 6. The molecule has 0 spiro atoms. The molecule has 1 atom stereocenters. The van der Waals surface area contributed by atoms with E-state index < -0.39 is 0 Å². The first-order valence-electron chi connectivity index (χ1n) is 8.28. The quantitative estimate of drug-likeness (QED) is 0.827. The molecule has 2 fully saturated rings. The van der Waals surface area contributed by atoms with Gasteiger partial charge < -0.3 is 10.1 Å². The van der Waals surface area contributed by atoms with Gasteiger partial charge in [-0.3, -0.25) is 14.2 Å². The molecule has 1 aromatic heterocycles.